The van der Waals surface area contributed by atoms with E-state index in [0.717, 1.165) is 32.4 Å². The Kier molecular flexibility index (Phi) is 9.22. The second-order valence-electron chi connectivity index (χ2n) is 4.58. The van der Waals surface area contributed by atoms with Gasteiger partial charge in [-0.1, -0.05) is 19.8 Å². The summed E-state index contributed by atoms with van der Waals surface area (Å²) >= 11 is 0. The van der Waals surface area contributed by atoms with Gasteiger partial charge in [-0.05, 0) is 31.7 Å². The van der Waals surface area contributed by atoms with Gasteiger partial charge in [-0.25, -0.2) is 13.1 Å². The zero-order chi connectivity index (χ0) is 11.9. The standard InChI is InChI=1S/C11H24N2O2S.ClH/c1-2-7-12-8-9-13-16(14,15)10-11-5-3-4-6-11;/h11-13H,2-10H2,1H3;1H. The third-order valence-electron chi connectivity index (χ3n) is 2.98. The highest BCUT2D eigenvalue weighted by Crippen LogP contribution is 2.25. The van der Waals surface area contributed by atoms with E-state index in [1.165, 1.54) is 12.8 Å². The number of sulfonamides is 1. The zero-order valence-electron chi connectivity index (χ0n) is 10.6. The number of hydrogen-bond donors (Lipinski definition) is 2. The molecule has 0 spiro atoms. The lowest BCUT2D eigenvalue weighted by molar-refractivity contribution is 0.544. The molecule has 1 aliphatic rings. The summed E-state index contributed by atoms with van der Waals surface area (Å²) in [5.41, 5.74) is 0. The van der Waals surface area contributed by atoms with Gasteiger partial charge in [-0.15, -0.1) is 12.4 Å². The van der Waals surface area contributed by atoms with Crippen molar-refractivity contribution in [2.75, 3.05) is 25.4 Å². The Morgan fingerprint density at radius 2 is 1.76 bits per heavy atom. The van der Waals surface area contributed by atoms with Gasteiger partial charge in [0, 0.05) is 13.1 Å². The minimum Gasteiger partial charge on any atom is -0.315 e. The molecule has 1 aliphatic carbocycles. The van der Waals surface area contributed by atoms with Crippen LogP contribution in [0.5, 0.6) is 0 Å². The highest BCUT2D eigenvalue weighted by molar-refractivity contribution is 7.89. The van der Waals surface area contributed by atoms with Gasteiger partial charge >= 0.3 is 0 Å². The molecule has 1 rings (SSSR count). The third kappa shape index (κ3) is 7.97. The van der Waals surface area contributed by atoms with Crippen molar-refractivity contribution in [2.45, 2.75) is 39.0 Å². The van der Waals surface area contributed by atoms with Crippen molar-refractivity contribution in [1.82, 2.24) is 10.0 Å². The van der Waals surface area contributed by atoms with E-state index in [2.05, 4.69) is 17.0 Å². The fourth-order valence-corrected chi connectivity index (χ4v) is 3.63. The summed E-state index contributed by atoms with van der Waals surface area (Å²) in [5.74, 6) is 0.710. The van der Waals surface area contributed by atoms with Crippen LogP contribution in [0.15, 0.2) is 0 Å². The molecule has 0 aliphatic heterocycles. The van der Waals surface area contributed by atoms with Crippen LogP contribution in [-0.4, -0.2) is 33.8 Å². The fraction of sp³-hybridized carbons (Fsp3) is 1.00. The second-order valence-corrected chi connectivity index (χ2v) is 6.43. The lowest BCUT2D eigenvalue weighted by Crippen LogP contribution is -2.35. The van der Waals surface area contributed by atoms with Crippen LogP contribution in [-0.2, 0) is 10.0 Å². The molecular weight excluding hydrogens is 260 g/mol. The van der Waals surface area contributed by atoms with Crippen LogP contribution in [0, 0.1) is 5.92 Å². The first-order chi connectivity index (χ1) is 7.64. The lowest BCUT2D eigenvalue weighted by atomic mass is 10.1. The minimum atomic E-state index is -3.04. The molecule has 6 heteroatoms. The molecule has 0 amide bonds. The average molecular weight is 285 g/mol. The van der Waals surface area contributed by atoms with Gasteiger partial charge in [0.25, 0.3) is 0 Å². The van der Waals surface area contributed by atoms with E-state index in [1.807, 2.05) is 0 Å². The molecule has 1 saturated carbocycles. The van der Waals surface area contributed by atoms with Gasteiger partial charge in [0.2, 0.25) is 10.0 Å². The van der Waals surface area contributed by atoms with Crippen molar-refractivity contribution < 1.29 is 8.42 Å². The van der Waals surface area contributed by atoms with Crippen molar-refractivity contribution in [1.29, 1.82) is 0 Å². The Bertz CT molecular complexity index is 277. The molecule has 0 heterocycles. The SMILES string of the molecule is CCCNCCNS(=O)(=O)CC1CCCC1.Cl. The molecule has 104 valence electrons. The molecule has 0 atom stereocenters. The molecule has 17 heavy (non-hydrogen) atoms. The smallest absolute Gasteiger partial charge is 0.211 e. The van der Waals surface area contributed by atoms with Crippen LogP contribution in [0.4, 0.5) is 0 Å². The monoisotopic (exact) mass is 284 g/mol. The topological polar surface area (TPSA) is 58.2 Å². The molecule has 2 N–H and O–H groups in total. The lowest BCUT2D eigenvalue weighted by Gasteiger charge is -2.11. The predicted octanol–water partition coefficient (Wildman–Crippen LogP) is 1.52. The summed E-state index contributed by atoms with van der Waals surface area (Å²) in [6.45, 7) is 4.27. The highest BCUT2D eigenvalue weighted by atomic mass is 35.5. The average Bonchev–Trinajstić information content (AvgIpc) is 2.69. The van der Waals surface area contributed by atoms with Crippen molar-refractivity contribution in [2.24, 2.45) is 5.92 Å². The number of halogens is 1. The van der Waals surface area contributed by atoms with Crippen LogP contribution in [0.1, 0.15) is 39.0 Å². The fourth-order valence-electron chi connectivity index (χ4n) is 2.14. The third-order valence-corrected chi connectivity index (χ3v) is 4.53. The van der Waals surface area contributed by atoms with E-state index in [1.54, 1.807) is 0 Å². The van der Waals surface area contributed by atoms with E-state index in [9.17, 15) is 8.42 Å². The molecule has 1 fully saturated rings. The van der Waals surface area contributed by atoms with E-state index >= 15 is 0 Å². The first-order valence-electron chi connectivity index (χ1n) is 6.32. The first-order valence-corrected chi connectivity index (χ1v) is 7.97. The Hall–Kier alpha value is 0.160. The molecule has 0 bridgehead atoms. The summed E-state index contributed by atoms with van der Waals surface area (Å²) in [6.07, 6.45) is 5.62. The van der Waals surface area contributed by atoms with Crippen LogP contribution in [0.2, 0.25) is 0 Å². The minimum absolute atomic E-state index is 0. The van der Waals surface area contributed by atoms with E-state index < -0.39 is 10.0 Å². The van der Waals surface area contributed by atoms with Gasteiger partial charge < -0.3 is 5.32 Å². The normalized spacial score (nSPS) is 17.0. The van der Waals surface area contributed by atoms with Crippen molar-refractivity contribution in [3.05, 3.63) is 0 Å². The second kappa shape index (κ2) is 9.14. The Labute approximate surface area is 111 Å². The maximum absolute atomic E-state index is 11.7. The van der Waals surface area contributed by atoms with Crippen molar-refractivity contribution >= 4 is 22.4 Å². The van der Waals surface area contributed by atoms with Crippen LogP contribution < -0.4 is 10.0 Å². The molecule has 0 unspecified atom stereocenters. The Morgan fingerprint density at radius 3 is 2.35 bits per heavy atom. The predicted molar refractivity (Wildman–Crippen MR) is 74.2 cm³/mol. The summed E-state index contributed by atoms with van der Waals surface area (Å²) in [4.78, 5) is 0. The van der Waals surface area contributed by atoms with Gasteiger partial charge in [-0.2, -0.15) is 0 Å². The molecule has 0 aromatic rings. The Morgan fingerprint density at radius 1 is 1.12 bits per heavy atom. The maximum Gasteiger partial charge on any atom is 0.211 e. The highest BCUT2D eigenvalue weighted by Gasteiger charge is 2.21. The van der Waals surface area contributed by atoms with Crippen molar-refractivity contribution in [3.63, 3.8) is 0 Å². The molecule has 0 aromatic carbocycles. The molecular formula is C11H25ClN2O2S. The molecule has 4 nitrogen and oxygen atoms in total. The molecule has 0 radical (unpaired) electrons. The van der Waals surface area contributed by atoms with E-state index in [0.29, 0.717) is 18.2 Å². The number of hydrogen-bond acceptors (Lipinski definition) is 3. The van der Waals surface area contributed by atoms with E-state index in [-0.39, 0.29) is 12.4 Å². The first kappa shape index (κ1) is 17.2. The quantitative estimate of drug-likeness (QED) is 0.665. The number of rotatable bonds is 8. The van der Waals surface area contributed by atoms with Gasteiger partial charge in [0.05, 0.1) is 5.75 Å². The van der Waals surface area contributed by atoms with Crippen LogP contribution >= 0.6 is 12.4 Å². The summed E-state index contributed by atoms with van der Waals surface area (Å²) in [6, 6.07) is 0. The summed E-state index contributed by atoms with van der Waals surface area (Å²) < 4.78 is 26.0. The number of nitrogens with one attached hydrogen (secondary N) is 2. The maximum atomic E-state index is 11.7. The molecule has 0 saturated heterocycles. The van der Waals surface area contributed by atoms with Gasteiger partial charge in [0.1, 0.15) is 0 Å². The van der Waals surface area contributed by atoms with Gasteiger partial charge in [0.15, 0.2) is 0 Å². The van der Waals surface area contributed by atoms with Crippen molar-refractivity contribution in [3.8, 4) is 0 Å². The van der Waals surface area contributed by atoms with Crippen LogP contribution in [0.3, 0.4) is 0 Å². The Balaban J connectivity index is 0.00000256. The van der Waals surface area contributed by atoms with Crippen LogP contribution in [0.25, 0.3) is 0 Å². The zero-order valence-corrected chi connectivity index (χ0v) is 12.2. The van der Waals surface area contributed by atoms with Gasteiger partial charge in [-0.3, -0.25) is 0 Å². The largest absolute Gasteiger partial charge is 0.315 e. The summed E-state index contributed by atoms with van der Waals surface area (Å²) in [5, 5.41) is 3.17. The van der Waals surface area contributed by atoms with E-state index in [4.69, 9.17) is 0 Å². The molecule has 0 aromatic heterocycles. The summed E-state index contributed by atoms with van der Waals surface area (Å²) in [7, 11) is -3.04.